The van der Waals surface area contributed by atoms with Gasteiger partial charge in [-0.15, -0.1) is 6.42 Å². The van der Waals surface area contributed by atoms with E-state index in [9.17, 15) is 0 Å². The van der Waals surface area contributed by atoms with Gasteiger partial charge in [-0.3, -0.25) is 0 Å². The molecule has 1 atom stereocenters. The molecule has 0 aliphatic carbocycles. The Kier molecular flexibility index (Phi) is 2.30. The third-order valence-corrected chi connectivity index (χ3v) is 5.74. The van der Waals surface area contributed by atoms with Crippen LogP contribution in [-0.2, 0) is 20.9 Å². The smallest absolute Gasteiger partial charge is 0.348 e. The summed E-state index contributed by atoms with van der Waals surface area (Å²) >= 11 is 6.38. The zero-order chi connectivity index (χ0) is 7.61. The highest BCUT2D eigenvalue weighted by atomic mass is 32.9. The minimum atomic E-state index is -2.11. The molecule has 54 valence electrons. The van der Waals surface area contributed by atoms with Crippen LogP contribution >= 0.6 is 17.1 Å². The van der Waals surface area contributed by atoms with Crippen LogP contribution in [0.2, 0.25) is 0 Å². The molecule has 0 radical (unpaired) electrons. The third kappa shape index (κ3) is 1.49. The fourth-order valence-electron chi connectivity index (χ4n) is 0.417. The number of hydrogen-bond donors (Lipinski definition) is 0. The number of allylic oxidation sites excluding steroid dienone is 1. The minimum Gasteiger partial charge on any atom is -0.431 e. The summed E-state index contributed by atoms with van der Waals surface area (Å²) in [6.45, 7) is 0. The lowest BCUT2D eigenvalue weighted by Crippen LogP contribution is -1.74. The second kappa shape index (κ2) is 2.87. The summed E-state index contributed by atoms with van der Waals surface area (Å²) in [5.41, 5.74) is -2.11. The Morgan fingerprint density at radius 1 is 1.90 bits per heavy atom. The maximum absolute atomic E-state index is 5.14. The molecule has 0 amide bonds. The van der Waals surface area contributed by atoms with E-state index in [2.05, 4.69) is 5.92 Å². The first kappa shape index (κ1) is 8.00. The lowest BCUT2D eigenvalue weighted by atomic mass is 10.6. The van der Waals surface area contributed by atoms with Crippen LogP contribution in [0.25, 0.3) is 0 Å². The van der Waals surface area contributed by atoms with E-state index in [0.29, 0.717) is 5.76 Å². The molecule has 1 aliphatic heterocycles. The van der Waals surface area contributed by atoms with E-state index in [1.807, 2.05) is 6.26 Å². The van der Waals surface area contributed by atoms with Gasteiger partial charge in [0.1, 0.15) is 6.26 Å². The molecule has 1 heterocycles. The highest BCUT2D eigenvalue weighted by Gasteiger charge is 2.25. The van der Waals surface area contributed by atoms with Gasteiger partial charge in [0.15, 0.2) is 0 Å². The highest BCUT2D eigenvalue weighted by molar-refractivity contribution is 8.67. The maximum Gasteiger partial charge on any atom is 0.348 e. The summed E-state index contributed by atoms with van der Waals surface area (Å²) in [6.07, 6.45) is 8.29. The van der Waals surface area contributed by atoms with E-state index in [-0.39, 0.29) is 0 Å². The van der Waals surface area contributed by atoms with Crippen molar-refractivity contribution in [1.82, 2.24) is 0 Å². The zero-order valence-electron chi connectivity index (χ0n) is 5.23. The molecule has 0 spiro atoms. The monoisotopic (exact) mass is 192 g/mol. The second-order valence-corrected chi connectivity index (χ2v) is 7.78. The molecule has 1 rings (SSSR count). The molecule has 0 bridgehead atoms. The van der Waals surface area contributed by atoms with Crippen LogP contribution in [0.3, 0.4) is 0 Å². The van der Waals surface area contributed by atoms with E-state index in [0.717, 1.165) is 0 Å². The predicted molar refractivity (Wildman–Crippen MR) is 46.9 cm³/mol. The average Bonchev–Trinajstić information content (AvgIpc) is 2.33. The molecule has 0 N–H and O–H groups in total. The van der Waals surface area contributed by atoms with E-state index in [4.69, 9.17) is 27.3 Å². The van der Waals surface area contributed by atoms with E-state index < -0.39 is 5.69 Å². The molecule has 2 nitrogen and oxygen atoms in total. The van der Waals surface area contributed by atoms with Crippen molar-refractivity contribution in [2.45, 2.75) is 0 Å². The predicted octanol–water partition coefficient (Wildman–Crippen LogP) is 2.10. The van der Waals surface area contributed by atoms with Crippen molar-refractivity contribution in [1.29, 1.82) is 0 Å². The van der Waals surface area contributed by atoms with Gasteiger partial charge in [0, 0.05) is 0 Å². The summed E-state index contributed by atoms with van der Waals surface area (Å²) in [5.74, 6) is 2.72. The zero-order valence-corrected chi connectivity index (χ0v) is 7.76. The summed E-state index contributed by atoms with van der Waals surface area (Å²) in [7, 11) is 0. The first-order valence-electron chi connectivity index (χ1n) is 2.41. The Balaban J connectivity index is 2.70. The van der Waals surface area contributed by atoms with Gasteiger partial charge < -0.3 is 9.05 Å². The Bertz CT molecular complexity index is 253. The fourth-order valence-corrected chi connectivity index (χ4v) is 2.40. The van der Waals surface area contributed by atoms with E-state index in [1.54, 1.807) is 0 Å². The molecule has 0 saturated carbocycles. The van der Waals surface area contributed by atoms with Gasteiger partial charge in [0.2, 0.25) is 5.76 Å². The topological polar surface area (TPSA) is 18.5 Å². The first-order chi connectivity index (χ1) is 4.70. The van der Waals surface area contributed by atoms with Crippen LogP contribution in [0.1, 0.15) is 0 Å². The summed E-state index contributed by atoms with van der Waals surface area (Å²) < 4.78 is 10.2. The summed E-state index contributed by atoms with van der Waals surface area (Å²) in [4.78, 5) is 0. The van der Waals surface area contributed by atoms with Crippen LogP contribution in [-0.4, -0.2) is 6.26 Å². The van der Waals surface area contributed by atoms with Gasteiger partial charge in [-0.05, 0) is 35.4 Å². The largest absolute Gasteiger partial charge is 0.431 e. The molecule has 1 aliphatic rings. The molecule has 0 aromatic carbocycles. The van der Waals surface area contributed by atoms with E-state index >= 15 is 0 Å². The van der Waals surface area contributed by atoms with Crippen molar-refractivity contribution in [3.8, 4) is 12.3 Å². The fraction of sp³-hybridized carbons (Fsp3) is 0.200. The lowest BCUT2D eigenvalue weighted by molar-refractivity contribution is 0.482. The Labute approximate surface area is 68.9 Å². The van der Waals surface area contributed by atoms with Gasteiger partial charge in [-0.2, -0.15) is 0 Å². The molecular weight excluding hydrogens is 187 g/mol. The van der Waals surface area contributed by atoms with Crippen molar-refractivity contribution in [2.24, 2.45) is 0 Å². The van der Waals surface area contributed by atoms with Crippen molar-refractivity contribution in [2.75, 3.05) is 6.26 Å². The first-order valence-corrected chi connectivity index (χ1v) is 6.87. The number of terminal acetylenes is 1. The lowest BCUT2D eigenvalue weighted by Gasteiger charge is -2.09. The second-order valence-electron chi connectivity index (χ2n) is 1.45. The summed E-state index contributed by atoms with van der Waals surface area (Å²) in [6, 6.07) is 0. The van der Waals surface area contributed by atoms with Crippen molar-refractivity contribution < 1.29 is 9.05 Å². The normalized spacial score (nSPS) is 29.8. The SMILES string of the molecule is C#CC1=COP(=S)(SC)O1. The van der Waals surface area contributed by atoms with Crippen LogP contribution < -0.4 is 0 Å². The van der Waals surface area contributed by atoms with Gasteiger partial charge in [-0.1, -0.05) is 0 Å². The maximum atomic E-state index is 5.14. The highest BCUT2D eigenvalue weighted by Crippen LogP contribution is 2.64. The van der Waals surface area contributed by atoms with Gasteiger partial charge >= 0.3 is 5.69 Å². The Morgan fingerprint density at radius 3 is 2.90 bits per heavy atom. The molecule has 1 unspecified atom stereocenters. The Hall–Kier alpha value is -0.100. The van der Waals surface area contributed by atoms with Gasteiger partial charge in [0.25, 0.3) is 0 Å². The summed E-state index contributed by atoms with van der Waals surface area (Å²) in [5, 5.41) is 0. The average molecular weight is 192 g/mol. The molecule has 10 heavy (non-hydrogen) atoms. The van der Waals surface area contributed by atoms with Crippen LogP contribution in [0.5, 0.6) is 0 Å². The molecule has 0 fully saturated rings. The van der Waals surface area contributed by atoms with Crippen LogP contribution in [0.15, 0.2) is 12.0 Å². The number of rotatable bonds is 1. The van der Waals surface area contributed by atoms with E-state index in [1.165, 1.54) is 17.6 Å². The number of hydrogen-bond acceptors (Lipinski definition) is 4. The van der Waals surface area contributed by atoms with Gasteiger partial charge in [-0.25, -0.2) is 0 Å². The van der Waals surface area contributed by atoms with Crippen molar-refractivity contribution in [3.63, 3.8) is 0 Å². The van der Waals surface area contributed by atoms with Crippen molar-refractivity contribution in [3.05, 3.63) is 12.0 Å². The molecule has 0 aromatic heterocycles. The standard InChI is InChI=1S/C5H5O2PS2/c1-3-5-4-6-8(9,7-5)10-2/h1,4H,2H3. The molecule has 0 saturated heterocycles. The molecule has 5 heteroatoms. The van der Waals surface area contributed by atoms with Gasteiger partial charge in [0.05, 0.1) is 0 Å². The van der Waals surface area contributed by atoms with Crippen molar-refractivity contribution >= 4 is 28.9 Å². The van der Waals surface area contributed by atoms with Crippen LogP contribution in [0.4, 0.5) is 0 Å². The molecular formula is C5H5O2PS2. The van der Waals surface area contributed by atoms with Crippen LogP contribution in [0, 0.1) is 12.3 Å². The third-order valence-electron chi connectivity index (χ3n) is 0.865. The molecule has 0 aromatic rings. The quantitative estimate of drug-likeness (QED) is 0.467. The minimum absolute atomic E-state index is 0.401. The Morgan fingerprint density at radius 2 is 2.60 bits per heavy atom.